The highest BCUT2D eigenvalue weighted by Crippen LogP contribution is 2.25. The summed E-state index contributed by atoms with van der Waals surface area (Å²) in [5.41, 5.74) is 6.53. The van der Waals surface area contributed by atoms with Crippen molar-refractivity contribution < 1.29 is 4.79 Å². The lowest BCUT2D eigenvalue weighted by atomic mass is 9.86. The zero-order valence-electron chi connectivity index (χ0n) is 11.6. The predicted molar refractivity (Wildman–Crippen MR) is 76.8 cm³/mol. The van der Waals surface area contributed by atoms with Gasteiger partial charge in [-0.15, -0.1) is 0 Å². The van der Waals surface area contributed by atoms with Crippen molar-refractivity contribution in [3.63, 3.8) is 0 Å². The van der Waals surface area contributed by atoms with E-state index in [2.05, 4.69) is 29.3 Å². The average molecular weight is 261 g/mol. The molecule has 1 unspecified atom stereocenters. The number of nitrogens with one attached hydrogen (secondary N) is 1. The van der Waals surface area contributed by atoms with Gasteiger partial charge in [0.15, 0.2) is 0 Å². The highest BCUT2D eigenvalue weighted by molar-refractivity contribution is 5.75. The number of benzene rings is 1. The molecule has 0 aliphatic carbocycles. The third-order valence-electron chi connectivity index (χ3n) is 3.86. The highest BCUT2D eigenvalue weighted by atomic mass is 16.1. The van der Waals surface area contributed by atoms with Crippen molar-refractivity contribution in [3.8, 4) is 0 Å². The van der Waals surface area contributed by atoms with Crippen molar-refractivity contribution in [1.29, 1.82) is 0 Å². The largest absolute Gasteiger partial charge is 0.370 e. The molecule has 0 bridgehead atoms. The second-order valence-electron chi connectivity index (χ2n) is 5.54. The lowest BCUT2D eigenvalue weighted by molar-refractivity contribution is -0.121. The number of carbonyl (C=O) groups excluding carboxylic acids is 1. The molecule has 0 spiro atoms. The van der Waals surface area contributed by atoms with Gasteiger partial charge in [0.2, 0.25) is 5.91 Å². The summed E-state index contributed by atoms with van der Waals surface area (Å²) in [5, 5.41) is 3.35. The standard InChI is InChI=1S/C15H23N3O/c1-15(12-14(16)19,18-9-7-17-8-10-18)11-13-5-3-2-4-6-13/h2-6,17H,7-12H2,1H3,(H2,16,19). The second-order valence-corrected chi connectivity index (χ2v) is 5.54. The molecule has 0 radical (unpaired) electrons. The van der Waals surface area contributed by atoms with Crippen molar-refractivity contribution in [1.82, 2.24) is 10.2 Å². The molecule has 2 rings (SSSR count). The van der Waals surface area contributed by atoms with Gasteiger partial charge in [-0.25, -0.2) is 0 Å². The van der Waals surface area contributed by atoms with Crippen LogP contribution in [-0.4, -0.2) is 42.5 Å². The maximum Gasteiger partial charge on any atom is 0.219 e. The molecule has 1 aliphatic rings. The van der Waals surface area contributed by atoms with Crippen LogP contribution in [0.25, 0.3) is 0 Å². The zero-order valence-corrected chi connectivity index (χ0v) is 11.6. The molecule has 1 fully saturated rings. The minimum Gasteiger partial charge on any atom is -0.370 e. The molecule has 1 aromatic rings. The first-order valence-electron chi connectivity index (χ1n) is 6.88. The summed E-state index contributed by atoms with van der Waals surface area (Å²) in [4.78, 5) is 13.8. The van der Waals surface area contributed by atoms with E-state index in [9.17, 15) is 4.79 Å². The molecule has 1 aromatic carbocycles. The molecule has 1 amide bonds. The van der Waals surface area contributed by atoms with Gasteiger partial charge in [-0.05, 0) is 18.9 Å². The normalized spacial score (nSPS) is 19.8. The number of hydrogen-bond donors (Lipinski definition) is 2. The van der Waals surface area contributed by atoms with Crippen LogP contribution in [0.5, 0.6) is 0 Å². The van der Waals surface area contributed by atoms with Crippen LogP contribution in [0.3, 0.4) is 0 Å². The number of piperazine rings is 1. The number of nitrogens with two attached hydrogens (primary N) is 1. The molecule has 19 heavy (non-hydrogen) atoms. The summed E-state index contributed by atoms with van der Waals surface area (Å²) in [7, 11) is 0. The Balaban J connectivity index is 2.15. The molecule has 1 saturated heterocycles. The fourth-order valence-corrected chi connectivity index (χ4v) is 2.90. The second kappa shape index (κ2) is 6.17. The van der Waals surface area contributed by atoms with E-state index < -0.39 is 0 Å². The SMILES string of the molecule is CC(CC(N)=O)(Cc1ccccc1)N1CCNCC1. The number of nitrogens with zero attached hydrogens (tertiary/aromatic N) is 1. The summed E-state index contributed by atoms with van der Waals surface area (Å²) >= 11 is 0. The van der Waals surface area contributed by atoms with Gasteiger partial charge in [0, 0.05) is 38.1 Å². The summed E-state index contributed by atoms with van der Waals surface area (Å²) < 4.78 is 0. The molecule has 104 valence electrons. The maximum atomic E-state index is 11.4. The summed E-state index contributed by atoms with van der Waals surface area (Å²) in [5.74, 6) is -0.225. The Bertz CT molecular complexity index is 415. The highest BCUT2D eigenvalue weighted by Gasteiger charge is 2.34. The van der Waals surface area contributed by atoms with Gasteiger partial charge in [-0.1, -0.05) is 30.3 Å². The van der Waals surface area contributed by atoms with Gasteiger partial charge in [0.25, 0.3) is 0 Å². The first-order valence-corrected chi connectivity index (χ1v) is 6.88. The fraction of sp³-hybridized carbons (Fsp3) is 0.533. The Hall–Kier alpha value is -1.39. The Kier molecular flexibility index (Phi) is 4.56. The van der Waals surface area contributed by atoms with Gasteiger partial charge in [0.1, 0.15) is 0 Å². The molecule has 3 N–H and O–H groups in total. The predicted octanol–water partition coefficient (Wildman–Crippen LogP) is 0.768. The Morgan fingerprint density at radius 3 is 2.53 bits per heavy atom. The molecule has 1 atom stereocenters. The van der Waals surface area contributed by atoms with Crippen LogP contribution in [0.1, 0.15) is 18.9 Å². The van der Waals surface area contributed by atoms with Crippen LogP contribution >= 0.6 is 0 Å². The maximum absolute atomic E-state index is 11.4. The van der Waals surface area contributed by atoms with Crippen LogP contribution < -0.4 is 11.1 Å². The van der Waals surface area contributed by atoms with E-state index in [1.54, 1.807) is 0 Å². The van der Waals surface area contributed by atoms with Crippen LogP contribution in [0, 0.1) is 0 Å². The molecule has 4 heteroatoms. The molecule has 4 nitrogen and oxygen atoms in total. The first-order chi connectivity index (χ1) is 9.10. The number of primary amides is 1. The van der Waals surface area contributed by atoms with E-state index in [0.717, 1.165) is 32.6 Å². The van der Waals surface area contributed by atoms with Crippen molar-refractivity contribution in [2.24, 2.45) is 5.73 Å². The van der Waals surface area contributed by atoms with Crippen LogP contribution in [0.4, 0.5) is 0 Å². The van der Waals surface area contributed by atoms with Gasteiger partial charge >= 0.3 is 0 Å². The Labute approximate surface area is 115 Å². The monoisotopic (exact) mass is 261 g/mol. The molecular formula is C15H23N3O. The molecule has 0 aromatic heterocycles. The number of rotatable bonds is 5. The Morgan fingerprint density at radius 1 is 1.32 bits per heavy atom. The minimum absolute atomic E-state index is 0.185. The molecule has 1 aliphatic heterocycles. The van der Waals surface area contributed by atoms with Crippen LogP contribution in [0.15, 0.2) is 30.3 Å². The lowest BCUT2D eigenvalue weighted by Gasteiger charge is -2.43. The van der Waals surface area contributed by atoms with Gasteiger partial charge in [-0.2, -0.15) is 0 Å². The minimum atomic E-state index is -0.225. The zero-order chi connectivity index (χ0) is 13.7. The van der Waals surface area contributed by atoms with Crippen molar-refractivity contribution in [2.75, 3.05) is 26.2 Å². The van der Waals surface area contributed by atoms with Gasteiger partial charge in [-0.3, -0.25) is 9.69 Å². The third kappa shape index (κ3) is 3.78. The number of amides is 1. The van der Waals surface area contributed by atoms with E-state index in [0.29, 0.717) is 6.42 Å². The number of hydrogen-bond acceptors (Lipinski definition) is 3. The molecule has 0 saturated carbocycles. The van der Waals surface area contributed by atoms with E-state index in [4.69, 9.17) is 5.73 Å². The smallest absolute Gasteiger partial charge is 0.219 e. The summed E-state index contributed by atoms with van der Waals surface area (Å²) in [6.45, 7) is 6.04. The van der Waals surface area contributed by atoms with Crippen LogP contribution in [0.2, 0.25) is 0 Å². The van der Waals surface area contributed by atoms with E-state index in [1.165, 1.54) is 5.56 Å². The van der Waals surface area contributed by atoms with Gasteiger partial charge < -0.3 is 11.1 Å². The van der Waals surface area contributed by atoms with Gasteiger partial charge in [0.05, 0.1) is 0 Å². The van der Waals surface area contributed by atoms with Crippen molar-refractivity contribution in [3.05, 3.63) is 35.9 Å². The lowest BCUT2D eigenvalue weighted by Crippen LogP contribution is -2.57. The topological polar surface area (TPSA) is 58.4 Å². The van der Waals surface area contributed by atoms with Crippen molar-refractivity contribution in [2.45, 2.75) is 25.3 Å². The third-order valence-corrected chi connectivity index (χ3v) is 3.86. The fourth-order valence-electron chi connectivity index (χ4n) is 2.90. The summed E-state index contributed by atoms with van der Waals surface area (Å²) in [6, 6.07) is 10.3. The summed E-state index contributed by atoms with van der Waals surface area (Å²) in [6.07, 6.45) is 1.26. The molecule has 1 heterocycles. The van der Waals surface area contributed by atoms with E-state index >= 15 is 0 Å². The van der Waals surface area contributed by atoms with E-state index in [-0.39, 0.29) is 11.4 Å². The van der Waals surface area contributed by atoms with E-state index in [1.807, 2.05) is 18.2 Å². The molecular weight excluding hydrogens is 238 g/mol. The average Bonchev–Trinajstić information content (AvgIpc) is 2.40. The van der Waals surface area contributed by atoms with Crippen LogP contribution in [-0.2, 0) is 11.2 Å². The van der Waals surface area contributed by atoms with Crippen molar-refractivity contribution >= 4 is 5.91 Å². The Morgan fingerprint density at radius 2 is 1.95 bits per heavy atom. The quantitative estimate of drug-likeness (QED) is 0.823. The first kappa shape index (κ1) is 14.0. The number of carbonyl (C=O) groups is 1.